The number of carbonyl (C=O) groups excluding carboxylic acids is 2. The molecule has 8 heteroatoms. The molecule has 0 aromatic carbocycles. The second-order valence-corrected chi connectivity index (χ2v) is 6.83. The molecule has 0 aliphatic carbocycles. The van der Waals surface area contributed by atoms with Crippen molar-refractivity contribution in [1.29, 1.82) is 0 Å². The van der Waals surface area contributed by atoms with Gasteiger partial charge in [-0.2, -0.15) is 0 Å². The van der Waals surface area contributed by atoms with E-state index < -0.39 is 7.29 Å². The summed E-state index contributed by atoms with van der Waals surface area (Å²) in [6.07, 6.45) is 6.50. The summed E-state index contributed by atoms with van der Waals surface area (Å²) >= 11 is 0. The van der Waals surface area contributed by atoms with Crippen LogP contribution in [0.4, 0.5) is 0 Å². The van der Waals surface area contributed by atoms with Gasteiger partial charge < -0.3 is 19.9 Å². The van der Waals surface area contributed by atoms with Gasteiger partial charge in [0.15, 0.2) is 0 Å². The quantitative estimate of drug-likeness (QED) is 0.510. The van der Waals surface area contributed by atoms with E-state index in [0.29, 0.717) is 12.6 Å². The zero-order chi connectivity index (χ0) is 12.6. The third-order valence-corrected chi connectivity index (χ3v) is 4.14. The molecule has 0 spiro atoms. The maximum absolute atomic E-state index is 11.1. The molecule has 0 saturated carbocycles. The number of hydrogen-bond donors (Lipinski definition) is 2. The van der Waals surface area contributed by atoms with E-state index >= 15 is 0 Å². The van der Waals surface area contributed by atoms with Gasteiger partial charge in [-0.25, -0.2) is 12.6 Å². The number of nitrogens with one attached hydrogen (secondary N) is 1. The van der Waals surface area contributed by atoms with Crippen LogP contribution in [-0.2, 0) is 79.6 Å². The molecule has 2 radical (unpaired) electrons. The molecular formula is C10H19N2O3PY2-2. The molecule has 3 atom stereocenters. The molecule has 1 heterocycles. The molecule has 1 aliphatic heterocycles. The zero-order valence-corrected chi connectivity index (χ0v) is 17.5. The predicted molar refractivity (Wildman–Crippen MR) is 64.2 cm³/mol. The van der Waals surface area contributed by atoms with E-state index in [9.17, 15) is 14.2 Å². The van der Waals surface area contributed by atoms with Gasteiger partial charge in [0.05, 0.1) is 0 Å². The van der Waals surface area contributed by atoms with Crippen LogP contribution in [0.15, 0.2) is 0 Å². The van der Waals surface area contributed by atoms with E-state index in [2.05, 4.69) is 5.09 Å². The molecular weight excluding hydrogens is 405 g/mol. The summed E-state index contributed by atoms with van der Waals surface area (Å²) in [5.74, 6) is 0. The molecule has 18 heavy (non-hydrogen) atoms. The smallest absolute Gasteiger partial charge is 0.142 e. The van der Waals surface area contributed by atoms with Crippen LogP contribution in [0.5, 0.6) is 0 Å². The average molecular weight is 424 g/mol. The first-order valence-corrected chi connectivity index (χ1v) is 7.64. The Morgan fingerprint density at radius 2 is 2.00 bits per heavy atom. The molecule has 3 N–H and O–H groups in total. The molecule has 0 aromatic heterocycles. The Morgan fingerprint density at radius 1 is 1.44 bits per heavy atom. The summed E-state index contributed by atoms with van der Waals surface area (Å²) in [7, 11) is -2.13. The topological polar surface area (TPSA) is 89.3 Å². The van der Waals surface area contributed by atoms with Gasteiger partial charge in [-0.3, -0.25) is 5.09 Å². The van der Waals surface area contributed by atoms with Crippen molar-refractivity contribution in [2.75, 3.05) is 12.8 Å². The second-order valence-electron chi connectivity index (χ2n) is 3.93. The standard InChI is InChI=1S/C5H9NO2P.C5H10NO.2Y/c1-9(8)3-2-5(4-7)6-9;1-2-3-5(6)4-7;;/h5H,2-3H2,1H3,(H,6,8);5H,2-3,6H2,1H3;;/q2*-1;;/t5-,9?;5-;;/m00../s1. The predicted octanol–water partition coefficient (Wildman–Crippen LogP) is 0.584. The Labute approximate surface area is 159 Å². The molecule has 1 fully saturated rings. The number of hydrogen-bond acceptors (Lipinski definition) is 4. The SMILES string of the molecule is CCC[C@H](N)[C-]=O.CP1(=O)CC[C@@H]([C-]=O)N1.[Y].[Y]. The van der Waals surface area contributed by atoms with Crippen molar-refractivity contribution in [3.63, 3.8) is 0 Å². The minimum absolute atomic E-state index is 0. The van der Waals surface area contributed by atoms with Gasteiger partial charge in [0.2, 0.25) is 0 Å². The van der Waals surface area contributed by atoms with Gasteiger partial charge in [0.25, 0.3) is 0 Å². The summed E-state index contributed by atoms with van der Waals surface area (Å²) in [4.78, 5) is 19.6. The van der Waals surface area contributed by atoms with E-state index in [1.54, 1.807) is 19.2 Å². The fourth-order valence-corrected chi connectivity index (χ4v) is 3.01. The van der Waals surface area contributed by atoms with Crippen LogP contribution >= 0.6 is 7.29 Å². The fourth-order valence-electron chi connectivity index (χ4n) is 1.29. The van der Waals surface area contributed by atoms with Crippen LogP contribution < -0.4 is 10.8 Å². The van der Waals surface area contributed by atoms with Crippen LogP contribution in [0.1, 0.15) is 26.2 Å². The Balaban J connectivity index is -0.000000232. The van der Waals surface area contributed by atoms with Crippen LogP contribution in [0.3, 0.4) is 0 Å². The van der Waals surface area contributed by atoms with Crippen LogP contribution in [0.2, 0.25) is 0 Å². The Morgan fingerprint density at radius 3 is 2.17 bits per heavy atom. The molecule has 0 bridgehead atoms. The van der Waals surface area contributed by atoms with Gasteiger partial charge >= 0.3 is 0 Å². The van der Waals surface area contributed by atoms with E-state index in [1.165, 1.54) is 0 Å². The van der Waals surface area contributed by atoms with Crippen molar-refractivity contribution in [3.8, 4) is 0 Å². The van der Waals surface area contributed by atoms with E-state index in [-0.39, 0.29) is 77.5 Å². The minimum Gasteiger partial charge on any atom is -0.540 e. The van der Waals surface area contributed by atoms with Gasteiger partial charge in [-0.05, 0) is 0 Å². The van der Waals surface area contributed by atoms with Gasteiger partial charge in [-0.1, -0.05) is 38.3 Å². The maximum Gasteiger partial charge on any atom is 0.142 e. The summed E-state index contributed by atoms with van der Waals surface area (Å²) in [6, 6.07) is -0.633. The minimum atomic E-state index is -2.13. The number of nitrogens with two attached hydrogens (primary N) is 1. The van der Waals surface area contributed by atoms with Gasteiger partial charge in [0, 0.05) is 78.2 Å². The Hall–Kier alpha value is 1.70. The van der Waals surface area contributed by atoms with Crippen molar-refractivity contribution in [1.82, 2.24) is 5.09 Å². The molecule has 0 amide bonds. The molecule has 5 nitrogen and oxygen atoms in total. The molecule has 1 unspecified atom stereocenters. The third-order valence-electron chi connectivity index (χ3n) is 2.17. The Kier molecular flexibility index (Phi) is 18.8. The van der Waals surface area contributed by atoms with Gasteiger partial charge in [-0.15, -0.1) is 0 Å². The van der Waals surface area contributed by atoms with Crippen LogP contribution in [0, 0.1) is 0 Å². The second kappa shape index (κ2) is 13.7. The summed E-state index contributed by atoms with van der Waals surface area (Å²) in [6.45, 7) is 3.64. The molecule has 1 aliphatic rings. The van der Waals surface area contributed by atoms with E-state index in [1.807, 2.05) is 6.92 Å². The summed E-state index contributed by atoms with van der Waals surface area (Å²) < 4.78 is 11.1. The Bertz CT molecular complexity index is 280. The first kappa shape index (κ1) is 24.7. The van der Waals surface area contributed by atoms with Crippen LogP contribution in [-0.4, -0.2) is 37.5 Å². The third kappa shape index (κ3) is 12.7. The largest absolute Gasteiger partial charge is 0.540 e. The van der Waals surface area contributed by atoms with Crippen molar-refractivity contribution in [3.05, 3.63) is 0 Å². The monoisotopic (exact) mass is 424 g/mol. The molecule has 0 aromatic rings. The average Bonchev–Trinajstić information content (AvgIpc) is 2.59. The van der Waals surface area contributed by atoms with Crippen molar-refractivity contribution >= 4 is 19.9 Å². The van der Waals surface area contributed by atoms with Crippen molar-refractivity contribution in [2.45, 2.75) is 38.3 Å². The molecule has 1 saturated heterocycles. The molecule has 100 valence electrons. The van der Waals surface area contributed by atoms with Crippen LogP contribution in [0.25, 0.3) is 0 Å². The maximum atomic E-state index is 11.1. The van der Waals surface area contributed by atoms with Crippen molar-refractivity contribution in [2.24, 2.45) is 5.73 Å². The number of rotatable bonds is 4. The van der Waals surface area contributed by atoms with E-state index in [0.717, 1.165) is 12.8 Å². The normalized spacial score (nSPS) is 26.7. The summed E-state index contributed by atoms with van der Waals surface area (Å²) in [5.41, 5.74) is 5.16. The molecule has 1 rings (SSSR count). The first-order chi connectivity index (χ1) is 7.45. The zero-order valence-electron chi connectivity index (χ0n) is 10.9. The van der Waals surface area contributed by atoms with Crippen molar-refractivity contribution < 1.29 is 79.6 Å². The summed E-state index contributed by atoms with van der Waals surface area (Å²) in [5, 5.41) is 2.71. The van der Waals surface area contributed by atoms with E-state index in [4.69, 9.17) is 5.73 Å². The van der Waals surface area contributed by atoms with Gasteiger partial charge in [0.1, 0.15) is 7.29 Å². The fraction of sp³-hybridized carbons (Fsp3) is 0.800. The first-order valence-electron chi connectivity index (χ1n) is 5.30.